The minimum Gasteiger partial charge on any atom is -0.389 e. The minimum absolute atomic E-state index is 0.341. The molecule has 2 aliphatic rings. The van der Waals surface area contributed by atoms with Crippen molar-refractivity contribution in [2.75, 3.05) is 0 Å². The van der Waals surface area contributed by atoms with E-state index in [1.807, 2.05) is 20.8 Å². The van der Waals surface area contributed by atoms with Gasteiger partial charge >= 0.3 is 0 Å². The quantitative estimate of drug-likeness (QED) is 0.756. The number of ether oxygens (including phenoxy) is 3. The lowest BCUT2D eigenvalue weighted by molar-refractivity contribution is -0.246. The zero-order valence-corrected chi connectivity index (χ0v) is 17.7. The maximum Gasteiger partial charge on any atom is 0.203 e. The molecule has 0 aromatic carbocycles. The molecule has 24 heavy (non-hydrogen) atoms. The van der Waals surface area contributed by atoms with Crippen LogP contribution in [0.5, 0.6) is 0 Å². The third-order valence-corrected chi connectivity index (χ3v) is 11.7. The lowest BCUT2D eigenvalue weighted by Crippen LogP contribution is -2.60. The van der Waals surface area contributed by atoms with E-state index in [0.717, 1.165) is 0 Å². The number of aliphatic hydroxyl groups excluding tert-OH is 1. The van der Waals surface area contributed by atoms with Gasteiger partial charge in [0, 0.05) is 0 Å². The van der Waals surface area contributed by atoms with Crippen LogP contribution in [-0.4, -0.2) is 49.9 Å². The SMILES string of the molecule is CC(C)[Si](O[C@H]1O[C@@H](C)[C@H](O)[C@H]2OC(C)(C)O[C@@H]12)(C(C)C)C(C)C. The molecular weight excluding hydrogens is 324 g/mol. The summed E-state index contributed by atoms with van der Waals surface area (Å²) < 4.78 is 24.9. The molecule has 0 aromatic heterocycles. The maximum atomic E-state index is 10.4. The van der Waals surface area contributed by atoms with E-state index in [-0.39, 0.29) is 6.10 Å². The highest BCUT2D eigenvalue weighted by Crippen LogP contribution is 2.46. The Morgan fingerprint density at radius 3 is 1.83 bits per heavy atom. The van der Waals surface area contributed by atoms with E-state index in [1.165, 1.54) is 0 Å². The van der Waals surface area contributed by atoms with Crippen molar-refractivity contribution in [2.24, 2.45) is 0 Å². The first-order chi connectivity index (χ1) is 10.9. The van der Waals surface area contributed by atoms with Gasteiger partial charge in [0.2, 0.25) is 8.32 Å². The summed E-state index contributed by atoms with van der Waals surface area (Å²) in [6.07, 6.45) is -2.34. The van der Waals surface area contributed by atoms with Gasteiger partial charge in [0.05, 0.1) is 6.10 Å². The lowest BCUT2D eigenvalue weighted by Gasteiger charge is -2.48. The standard InChI is InChI=1S/C18H36O5Si/c1-10(2)24(11(3)4,12(5)6)23-17-16-15(14(19)13(7)20-17)21-18(8,9)22-16/h10-17,19H,1-9H3/t13-,14-,15+,16+,17+/m0/s1. The molecule has 142 valence electrons. The predicted molar refractivity (Wildman–Crippen MR) is 96.3 cm³/mol. The monoisotopic (exact) mass is 360 g/mol. The Kier molecular flexibility index (Phi) is 5.90. The fourth-order valence-corrected chi connectivity index (χ4v) is 10.0. The molecule has 0 radical (unpaired) electrons. The van der Waals surface area contributed by atoms with Gasteiger partial charge in [0.1, 0.15) is 18.3 Å². The van der Waals surface area contributed by atoms with Gasteiger partial charge in [0.15, 0.2) is 12.1 Å². The van der Waals surface area contributed by atoms with Crippen molar-refractivity contribution in [2.45, 2.75) is 115 Å². The van der Waals surface area contributed by atoms with E-state index in [1.54, 1.807) is 0 Å². The fraction of sp³-hybridized carbons (Fsp3) is 1.00. The van der Waals surface area contributed by atoms with Crippen molar-refractivity contribution in [3.8, 4) is 0 Å². The van der Waals surface area contributed by atoms with Crippen molar-refractivity contribution in [1.82, 2.24) is 0 Å². The molecule has 5 nitrogen and oxygen atoms in total. The van der Waals surface area contributed by atoms with Crippen LogP contribution in [0.2, 0.25) is 16.6 Å². The summed E-state index contributed by atoms with van der Waals surface area (Å²) in [5, 5.41) is 10.4. The van der Waals surface area contributed by atoms with E-state index in [0.29, 0.717) is 16.6 Å². The average molecular weight is 361 g/mol. The Labute approximate surface area is 148 Å². The topological polar surface area (TPSA) is 57.2 Å². The summed E-state index contributed by atoms with van der Waals surface area (Å²) in [7, 11) is -2.12. The van der Waals surface area contributed by atoms with Crippen LogP contribution in [0.25, 0.3) is 0 Å². The first-order valence-corrected chi connectivity index (χ1v) is 11.4. The Hall–Kier alpha value is 0.0169. The van der Waals surface area contributed by atoms with Crippen LogP contribution in [0.4, 0.5) is 0 Å². The summed E-state index contributed by atoms with van der Waals surface area (Å²) in [5.41, 5.74) is 1.37. The number of aliphatic hydroxyl groups is 1. The summed E-state index contributed by atoms with van der Waals surface area (Å²) in [6, 6.07) is 0. The summed E-state index contributed by atoms with van der Waals surface area (Å²) in [6.45, 7) is 19.1. The first kappa shape index (κ1) is 20.3. The lowest BCUT2D eigenvalue weighted by atomic mass is 10.0. The van der Waals surface area contributed by atoms with E-state index in [9.17, 15) is 5.11 Å². The second kappa shape index (κ2) is 6.97. The number of hydrogen-bond donors (Lipinski definition) is 1. The van der Waals surface area contributed by atoms with Gasteiger partial charge in [-0.05, 0) is 37.4 Å². The number of fused-ring (bicyclic) bond motifs is 1. The van der Waals surface area contributed by atoms with Gasteiger partial charge in [0.25, 0.3) is 0 Å². The Morgan fingerprint density at radius 1 is 0.917 bits per heavy atom. The van der Waals surface area contributed by atoms with Crippen molar-refractivity contribution < 1.29 is 23.7 Å². The highest BCUT2D eigenvalue weighted by molar-refractivity contribution is 6.77. The second-order valence-electron chi connectivity index (χ2n) is 8.70. The normalized spacial score (nSPS) is 36.6. The average Bonchev–Trinajstić information content (AvgIpc) is 2.76. The molecular formula is C18H36O5Si. The highest BCUT2D eigenvalue weighted by atomic mass is 28.4. The molecule has 0 spiro atoms. The number of rotatable bonds is 5. The second-order valence-corrected chi connectivity index (χ2v) is 14.1. The molecule has 5 atom stereocenters. The molecule has 2 fully saturated rings. The molecule has 2 aliphatic heterocycles. The van der Waals surface area contributed by atoms with Crippen molar-refractivity contribution in [1.29, 1.82) is 0 Å². The predicted octanol–water partition coefficient (Wildman–Crippen LogP) is 3.80. The summed E-state index contributed by atoms with van der Waals surface area (Å²) in [4.78, 5) is 0. The number of hydrogen-bond acceptors (Lipinski definition) is 5. The zero-order valence-electron chi connectivity index (χ0n) is 16.7. The van der Waals surface area contributed by atoms with E-state index >= 15 is 0 Å². The van der Waals surface area contributed by atoms with Gasteiger partial charge in [-0.3, -0.25) is 0 Å². The van der Waals surface area contributed by atoms with E-state index in [4.69, 9.17) is 18.6 Å². The van der Waals surface area contributed by atoms with Crippen LogP contribution in [-0.2, 0) is 18.6 Å². The molecule has 1 N–H and O–H groups in total. The molecule has 0 unspecified atom stereocenters. The molecule has 2 saturated heterocycles. The van der Waals surface area contributed by atoms with Crippen LogP contribution in [0, 0.1) is 0 Å². The van der Waals surface area contributed by atoms with Crippen LogP contribution < -0.4 is 0 Å². The Balaban J connectivity index is 2.32. The largest absolute Gasteiger partial charge is 0.389 e. The molecule has 0 aromatic rings. The van der Waals surface area contributed by atoms with Gasteiger partial charge in [-0.15, -0.1) is 0 Å². The molecule has 6 heteroatoms. The summed E-state index contributed by atoms with van der Waals surface area (Å²) >= 11 is 0. The Morgan fingerprint density at radius 2 is 1.38 bits per heavy atom. The van der Waals surface area contributed by atoms with Crippen molar-refractivity contribution in [3.63, 3.8) is 0 Å². The minimum atomic E-state index is -2.12. The third kappa shape index (κ3) is 3.46. The van der Waals surface area contributed by atoms with Crippen LogP contribution >= 0.6 is 0 Å². The maximum absolute atomic E-state index is 10.4. The smallest absolute Gasteiger partial charge is 0.203 e. The highest BCUT2D eigenvalue weighted by Gasteiger charge is 2.57. The van der Waals surface area contributed by atoms with Crippen molar-refractivity contribution in [3.05, 3.63) is 0 Å². The van der Waals surface area contributed by atoms with E-state index < -0.39 is 38.7 Å². The molecule has 0 amide bonds. The molecule has 0 aliphatic carbocycles. The van der Waals surface area contributed by atoms with Crippen LogP contribution in [0.3, 0.4) is 0 Å². The zero-order chi connectivity index (χ0) is 18.4. The van der Waals surface area contributed by atoms with Gasteiger partial charge in [-0.1, -0.05) is 41.5 Å². The third-order valence-electron chi connectivity index (χ3n) is 5.63. The van der Waals surface area contributed by atoms with Crippen LogP contribution in [0.1, 0.15) is 62.3 Å². The molecule has 2 rings (SSSR count). The molecule has 0 bridgehead atoms. The molecule has 2 heterocycles. The van der Waals surface area contributed by atoms with Gasteiger partial charge in [-0.25, -0.2) is 0 Å². The van der Waals surface area contributed by atoms with E-state index in [2.05, 4.69) is 41.5 Å². The van der Waals surface area contributed by atoms with Crippen LogP contribution in [0.15, 0.2) is 0 Å². The first-order valence-electron chi connectivity index (χ1n) is 9.29. The fourth-order valence-electron chi connectivity index (χ4n) is 4.63. The Bertz CT molecular complexity index is 415. The van der Waals surface area contributed by atoms with Gasteiger partial charge in [-0.2, -0.15) is 0 Å². The van der Waals surface area contributed by atoms with Crippen molar-refractivity contribution >= 4 is 8.32 Å². The molecule has 0 saturated carbocycles. The summed E-state index contributed by atoms with van der Waals surface area (Å²) in [5.74, 6) is -0.733. The van der Waals surface area contributed by atoms with Gasteiger partial charge < -0.3 is 23.7 Å².